The molecule has 0 aromatic carbocycles. The van der Waals surface area contributed by atoms with Crippen molar-refractivity contribution in [2.75, 3.05) is 5.43 Å². The van der Waals surface area contributed by atoms with Crippen molar-refractivity contribution in [2.45, 2.75) is 0 Å². The van der Waals surface area contributed by atoms with Gasteiger partial charge in [-0.05, 0) is 9.85 Å². The van der Waals surface area contributed by atoms with E-state index in [2.05, 4.69) is 30.3 Å². The van der Waals surface area contributed by atoms with Crippen LogP contribution in [0, 0.1) is 9.85 Å². The van der Waals surface area contributed by atoms with Gasteiger partial charge in [0.15, 0.2) is 0 Å². The lowest BCUT2D eigenvalue weighted by Crippen LogP contribution is -1.94. The lowest BCUT2D eigenvalue weighted by Gasteiger charge is -1.94. The number of hydrogen-bond donors (Lipinski definition) is 1. The maximum absolute atomic E-state index is 5.58. The third-order valence-electron chi connectivity index (χ3n) is 0.969. The molecule has 0 saturated carbocycles. The molecular weight excluding hydrogens is 302 g/mol. The van der Waals surface area contributed by atoms with E-state index in [4.69, 9.17) is 11.6 Å². The highest BCUT2D eigenvalue weighted by Crippen LogP contribution is 2.04. The fourth-order valence-corrected chi connectivity index (χ4v) is 0.754. The van der Waals surface area contributed by atoms with Crippen molar-refractivity contribution >= 4 is 46.4 Å². The number of anilines is 1. The lowest BCUT2D eigenvalue weighted by atomic mass is 10.7. The molecule has 0 amide bonds. The molecule has 0 aliphatic rings. The Morgan fingerprint density at radius 3 is 2.85 bits per heavy atom. The molecule has 0 saturated heterocycles. The summed E-state index contributed by atoms with van der Waals surface area (Å²) in [5.74, 6) is 3.02. The minimum atomic E-state index is 0.385. The van der Waals surface area contributed by atoms with Crippen LogP contribution in [-0.4, -0.2) is 16.2 Å². The number of halogens is 2. The second-order valence-corrected chi connectivity index (χ2v) is 2.81. The Morgan fingerprint density at radius 1 is 1.54 bits per heavy atom. The first-order valence-electron chi connectivity index (χ1n) is 3.19. The van der Waals surface area contributed by atoms with Crippen molar-refractivity contribution in [3.63, 3.8) is 0 Å². The van der Waals surface area contributed by atoms with E-state index in [9.17, 15) is 0 Å². The second-order valence-electron chi connectivity index (χ2n) is 1.83. The number of aromatic nitrogens is 2. The van der Waals surface area contributed by atoms with Crippen molar-refractivity contribution in [1.29, 1.82) is 0 Å². The van der Waals surface area contributed by atoms with Gasteiger partial charge in [0.05, 0.1) is 23.6 Å². The van der Waals surface area contributed by atoms with Crippen molar-refractivity contribution in [3.05, 3.63) is 17.4 Å². The average Bonchev–Trinajstić information content (AvgIpc) is 2.15. The molecule has 0 aliphatic carbocycles. The SMILES string of the molecule is Clc1cnc(N/N=C/C#CI)nc1. The Morgan fingerprint density at radius 2 is 2.23 bits per heavy atom. The van der Waals surface area contributed by atoms with Crippen LogP contribution in [-0.2, 0) is 0 Å². The van der Waals surface area contributed by atoms with Crippen LogP contribution in [0.15, 0.2) is 17.5 Å². The summed E-state index contributed by atoms with van der Waals surface area (Å²) in [5.41, 5.74) is 2.59. The standard InChI is InChI=1S/C7H4ClIN4/c8-6-4-10-7(11-5-6)13-12-3-1-2-9/h3-5H,(H,10,11,13)/b12-3+. The largest absolute Gasteiger partial charge is 0.245 e. The van der Waals surface area contributed by atoms with Crippen LogP contribution in [0.3, 0.4) is 0 Å². The van der Waals surface area contributed by atoms with E-state index >= 15 is 0 Å². The molecular formula is C7H4ClIN4. The minimum absolute atomic E-state index is 0.385. The molecule has 0 atom stereocenters. The van der Waals surface area contributed by atoms with Crippen molar-refractivity contribution in [1.82, 2.24) is 9.97 Å². The van der Waals surface area contributed by atoms with Gasteiger partial charge in [0.25, 0.3) is 0 Å². The van der Waals surface area contributed by atoms with Crippen molar-refractivity contribution in [2.24, 2.45) is 5.10 Å². The van der Waals surface area contributed by atoms with E-state index in [1.165, 1.54) is 18.6 Å². The molecule has 0 aliphatic heterocycles. The molecule has 1 heterocycles. The van der Waals surface area contributed by atoms with E-state index in [0.29, 0.717) is 11.0 Å². The molecule has 0 spiro atoms. The van der Waals surface area contributed by atoms with E-state index in [0.717, 1.165) is 0 Å². The minimum Gasteiger partial charge on any atom is -0.245 e. The third-order valence-corrected chi connectivity index (χ3v) is 1.48. The Labute approximate surface area is 93.9 Å². The Balaban J connectivity index is 2.53. The Hall–Kier alpha value is -0.870. The normalized spacial score (nSPS) is 9.38. The summed E-state index contributed by atoms with van der Waals surface area (Å²) in [5, 5.41) is 4.23. The highest BCUT2D eigenvalue weighted by Gasteiger charge is 1.91. The molecule has 0 unspecified atom stereocenters. The predicted octanol–water partition coefficient (Wildman–Crippen LogP) is 1.92. The van der Waals surface area contributed by atoms with Crippen molar-refractivity contribution < 1.29 is 0 Å². The Bertz CT molecular complexity index is 351. The summed E-state index contributed by atoms with van der Waals surface area (Å²) >= 11 is 7.50. The van der Waals surface area contributed by atoms with Gasteiger partial charge >= 0.3 is 0 Å². The molecule has 13 heavy (non-hydrogen) atoms. The molecule has 1 N–H and O–H groups in total. The summed E-state index contributed by atoms with van der Waals surface area (Å²) in [7, 11) is 0. The van der Waals surface area contributed by atoms with Crippen LogP contribution in [0.2, 0.25) is 5.02 Å². The van der Waals surface area contributed by atoms with Crippen LogP contribution in [0.25, 0.3) is 0 Å². The van der Waals surface area contributed by atoms with Gasteiger partial charge in [-0.25, -0.2) is 15.4 Å². The average molecular weight is 306 g/mol. The van der Waals surface area contributed by atoms with Gasteiger partial charge in [0.1, 0.15) is 0 Å². The first-order valence-corrected chi connectivity index (χ1v) is 4.65. The fourth-order valence-electron chi connectivity index (χ4n) is 0.517. The summed E-state index contributed by atoms with van der Waals surface area (Å²) in [6.45, 7) is 0. The fraction of sp³-hybridized carbons (Fsp3) is 0. The number of hydrazone groups is 1. The number of nitrogens with zero attached hydrogens (tertiary/aromatic N) is 3. The maximum atomic E-state index is 5.58. The van der Waals surface area contributed by atoms with Gasteiger partial charge in [0.2, 0.25) is 5.95 Å². The summed E-state index contributed by atoms with van der Waals surface area (Å²) in [6, 6.07) is 0. The van der Waals surface area contributed by atoms with Gasteiger partial charge in [-0.2, -0.15) is 5.10 Å². The van der Waals surface area contributed by atoms with Crippen LogP contribution in [0.5, 0.6) is 0 Å². The summed E-state index contributed by atoms with van der Waals surface area (Å²) in [6.07, 6.45) is 4.39. The summed E-state index contributed by atoms with van der Waals surface area (Å²) in [4.78, 5) is 7.72. The molecule has 66 valence electrons. The first-order chi connectivity index (χ1) is 6.33. The van der Waals surface area contributed by atoms with Gasteiger partial charge in [-0.15, -0.1) is 0 Å². The van der Waals surface area contributed by atoms with Gasteiger partial charge < -0.3 is 0 Å². The molecule has 6 heteroatoms. The molecule has 1 rings (SSSR count). The zero-order chi connectivity index (χ0) is 9.52. The zero-order valence-corrected chi connectivity index (χ0v) is 9.24. The monoisotopic (exact) mass is 306 g/mol. The molecule has 0 radical (unpaired) electrons. The van der Waals surface area contributed by atoms with E-state index in [1.54, 1.807) is 0 Å². The first kappa shape index (κ1) is 10.2. The predicted molar refractivity (Wildman–Crippen MR) is 61.0 cm³/mol. The van der Waals surface area contributed by atoms with Crippen LogP contribution < -0.4 is 5.43 Å². The van der Waals surface area contributed by atoms with E-state index < -0.39 is 0 Å². The maximum Gasteiger partial charge on any atom is 0.243 e. The number of rotatable bonds is 2. The van der Waals surface area contributed by atoms with Crippen LogP contribution >= 0.6 is 34.2 Å². The lowest BCUT2D eigenvalue weighted by molar-refractivity contribution is 1.12. The highest BCUT2D eigenvalue weighted by atomic mass is 127. The molecule has 1 aromatic heterocycles. The van der Waals surface area contributed by atoms with Gasteiger partial charge in [-0.3, -0.25) is 0 Å². The van der Waals surface area contributed by atoms with Crippen LogP contribution in [0.4, 0.5) is 5.95 Å². The molecule has 0 fully saturated rings. The molecule has 0 bridgehead atoms. The zero-order valence-electron chi connectivity index (χ0n) is 6.33. The smallest absolute Gasteiger partial charge is 0.243 e. The second kappa shape index (κ2) is 5.72. The van der Waals surface area contributed by atoms with E-state index in [-0.39, 0.29) is 0 Å². The molecule has 1 aromatic rings. The van der Waals surface area contributed by atoms with Gasteiger partial charge in [0, 0.05) is 22.6 Å². The van der Waals surface area contributed by atoms with Crippen LogP contribution in [0.1, 0.15) is 0 Å². The quantitative estimate of drug-likeness (QED) is 0.393. The summed E-state index contributed by atoms with van der Waals surface area (Å²) < 4.78 is 2.63. The van der Waals surface area contributed by atoms with Gasteiger partial charge in [-0.1, -0.05) is 11.6 Å². The van der Waals surface area contributed by atoms with Crippen molar-refractivity contribution in [3.8, 4) is 9.85 Å². The molecule has 4 nitrogen and oxygen atoms in total. The Kier molecular flexibility index (Phi) is 4.49. The topological polar surface area (TPSA) is 50.2 Å². The highest BCUT2D eigenvalue weighted by molar-refractivity contribution is 14.1. The third kappa shape index (κ3) is 4.05. The number of hydrogen-bond acceptors (Lipinski definition) is 4. The number of nitrogens with one attached hydrogen (secondary N) is 1. The van der Waals surface area contributed by atoms with E-state index in [1.807, 2.05) is 22.6 Å².